The van der Waals surface area contributed by atoms with Gasteiger partial charge < -0.3 is 0 Å². The first-order valence-corrected chi connectivity index (χ1v) is 5.62. The minimum Gasteiger partial charge on any atom is -0.299 e. The Bertz CT molecular complexity index is 393. The molecular formula is C13H16ClFO. The highest BCUT2D eigenvalue weighted by molar-refractivity contribution is 6.30. The molecule has 1 nitrogen and oxygen atoms in total. The number of rotatable bonds is 3. The fourth-order valence-electron chi connectivity index (χ4n) is 1.55. The predicted octanol–water partition coefficient (Wildman–Crippen LogP) is 4.03. The molecule has 1 aromatic rings. The van der Waals surface area contributed by atoms with Crippen molar-refractivity contribution in [2.75, 3.05) is 0 Å². The van der Waals surface area contributed by atoms with Crippen LogP contribution in [0.3, 0.4) is 0 Å². The van der Waals surface area contributed by atoms with Crippen molar-refractivity contribution in [2.45, 2.75) is 33.6 Å². The van der Waals surface area contributed by atoms with E-state index in [4.69, 9.17) is 11.6 Å². The quantitative estimate of drug-likeness (QED) is 0.782. The summed E-state index contributed by atoms with van der Waals surface area (Å²) in [6, 6.07) is 4.74. The molecule has 88 valence electrons. The first-order valence-electron chi connectivity index (χ1n) is 5.24. The third-order valence-corrected chi connectivity index (χ3v) is 2.44. The van der Waals surface area contributed by atoms with Crippen molar-refractivity contribution in [1.82, 2.24) is 0 Å². The molecule has 16 heavy (non-hydrogen) atoms. The Morgan fingerprint density at radius 3 is 2.56 bits per heavy atom. The van der Waals surface area contributed by atoms with Crippen molar-refractivity contribution < 1.29 is 9.18 Å². The number of Topliss-reactive ketones (excluding diaryl/α,β-unsaturated/α-hetero) is 1. The van der Waals surface area contributed by atoms with Crippen LogP contribution in [0, 0.1) is 11.2 Å². The maximum absolute atomic E-state index is 13.5. The summed E-state index contributed by atoms with van der Waals surface area (Å²) < 4.78 is 13.5. The molecule has 0 radical (unpaired) electrons. The van der Waals surface area contributed by atoms with Crippen molar-refractivity contribution in [3.63, 3.8) is 0 Å². The van der Waals surface area contributed by atoms with Crippen molar-refractivity contribution in [1.29, 1.82) is 0 Å². The highest BCUT2D eigenvalue weighted by atomic mass is 35.5. The molecule has 0 aliphatic rings. The van der Waals surface area contributed by atoms with Gasteiger partial charge in [0.1, 0.15) is 11.6 Å². The molecule has 0 amide bonds. The number of hydrogen-bond acceptors (Lipinski definition) is 1. The third kappa shape index (κ3) is 3.93. The molecule has 0 saturated carbocycles. The van der Waals surface area contributed by atoms with Crippen LogP contribution in [0.5, 0.6) is 0 Å². The maximum Gasteiger partial charge on any atom is 0.145 e. The van der Waals surface area contributed by atoms with Crippen LogP contribution < -0.4 is 0 Å². The minimum absolute atomic E-state index is 0.0358. The van der Waals surface area contributed by atoms with Crippen molar-refractivity contribution in [2.24, 2.45) is 5.41 Å². The molecule has 0 aromatic heterocycles. The first kappa shape index (κ1) is 13.2. The summed E-state index contributed by atoms with van der Waals surface area (Å²) in [6.45, 7) is 5.96. The van der Waals surface area contributed by atoms with Crippen LogP contribution >= 0.6 is 11.6 Å². The van der Waals surface area contributed by atoms with Crippen LogP contribution in [-0.2, 0) is 11.2 Å². The molecule has 1 aromatic carbocycles. The molecule has 0 N–H and O–H groups in total. The Hall–Kier alpha value is -0.890. The number of hydrogen-bond donors (Lipinski definition) is 0. The first-order chi connectivity index (χ1) is 7.29. The van der Waals surface area contributed by atoms with Gasteiger partial charge >= 0.3 is 0 Å². The molecule has 0 aliphatic heterocycles. The van der Waals surface area contributed by atoms with Gasteiger partial charge in [0.15, 0.2) is 0 Å². The van der Waals surface area contributed by atoms with Crippen LogP contribution in [0.25, 0.3) is 0 Å². The van der Waals surface area contributed by atoms with Crippen molar-refractivity contribution in [3.8, 4) is 0 Å². The molecule has 3 heteroatoms. The van der Waals surface area contributed by atoms with Crippen molar-refractivity contribution >= 4 is 17.4 Å². The molecule has 0 spiro atoms. The second-order valence-electron chi connectivity index (χ2n) is 5.17. The van der Waals surface area contributed by atoms with E-state index in [0.717, 1.165) is 0 Å². The average molecular weight is 243 g/mol. The monoisotopic (exact) mass is 242 g/mol. The lowest BCUT2D eigenvalue weighted by atomic mass is 9.88. The van der Waals surface area contributed by atoms with Crippen LogP contribution in [0.1, 0.15) is 32.8 Å². The Kier molecular flexibility index (Phi) is 4.09. The van der Waals surface area contributed by atoms with Gasteiger partial charge in [0.25, 0.3) is 0 Å². The summed E-state index contributed by atoms with van der Waals surface area (Å²) in [5, 5.41) is 0.0704. The van der Waals surface area contributed by atoms with E-state index in [9.17, 15) is 9.18 Å². The number of ketones is 1. The number of benzene rings is 1. The molecule has 0 atom stereocenters. The zero-order valence-electron chi connectivity index (χ0n) is 9.81. The Labute approximate surface area is 101 Å². The van der Waals surface area contributed by atoms with E-state index < -0.39 is 5.82 Å². The lowest BCUT2D eigenvalue weighted by molar-refractivity contribution is -0.120. The summed E-state index contributed by atoms with van der Waals surface area (Å²) in [5.74, 6) is -0.444. The second kappa shape index (κ2) is 4.96. The predicted molar refractivity (Wildman–Crippen MR) is 64.2 cm³/mol. The van der Waals surface area contributed by atoms with Crippen LogP contribution in [0.2, 0.25) is 5.02 Å². The summed E-state index contributed by atoms with van der Waals surface area (Å²) in [5.41, 5.74) is 0.313. The fraction of sp³-hybridized carbons (Fsp3) is 0.462. The Balaban J connectivity index is 2.74. The SMILES string of the molecule is CC(C)(C)CC(=O)Cc1cccc(Cl)c1F. The molecule has 0 unspecified atom stereocenters. The van der Waals surface area contributed by atoms with E-state index in [-0.39, 0.29) is 22.6 Å². The summed E-state index contributed by atoms with van der Waals surface area (Å²) >= 11 is 5.64. The van der Waals surface area contributed by atoms with Crippen LogP contribution in [0.15, 0.2) is 18.2 Å². The van der Waals surface area contributed by atoms with E-state index in [1.54, 1.807) is 12.1 Å². The minimum atomic E-state index is -0.480. The Morgan fingerprint density at radius 1 is 1.38 bits per heavy atom. The van der Waals surface area contributed by atoms with Gasteiger partial charge in [0.2, 0.25) is 0 Å². The van der Waals surface area contributed by atoms with E-state index in [1.165, 1.54) is 6.07 Å². The highest BCUT2D eigenvalue weighted by Gasteiger charge is 2.17. The van der Waals surface area contributed by atoms with Crippen LogP contribution in [-0.4, -0.2) is 5.78 Å². The molecule has 1 rings (SSSR count). The van der Waals surface area contributed by atoms with Gasteiger partial charge in [-0.3, -0.25) is 4.79 Å². The molecule has 0 fully saturated rings. The zero-order chi connectivity index (χ0) is 12.3. The summed E-state index contributed by atoms with van der Waals surface area (Å²) in [6.07, 6.45) is 0.558. The summed E-state index contributed by atoms with van der Waals surface area (Å²) in [7, 11) is 0. The van der Waals surface area contributed by atoms with Crippen LogP contribution in [0.4, 0.5) is 4.39 Å². The molecule has 0 aliphatic carbocycles. The maximum atomic E-state index is 13.5. The van der Waals surface area contributed by atoms with E-state index in [0.29, 0.717) is 12.0 Å². The lowest BCUT2D eigenvalue weighted by Crippen LogP contribution is -2.15. The fourth-order valence-corrected chi connectivity index (χ4v) is 1.75. The molecular weight excluding hydrogens is 227 g/mol. The van der Waals surface area contributed by atoms with E-state index in [2.05, 4.69) is 0 Å². The summed E-state index contributed by atoms with van der Waals surface area (Å²) in [4.78, 5) is 11.7. The molecule has 0 heterocycles. The van der Waals surface area contributed by atoms with Gasteiger partial charge in [-0.05, 0) is 17.0 Å². The normalized spacial score (nSPS) is 11.6. The smallest absolute Gasteiger partial charge is 0.145 e. The van der Waals surface area contributed by atoms with Gasteiger partial charge in [0, 0.05) is 12.8 Å². The number of carbonyl (C=O) groups excluding carboxylic acids is 1. The molecule has 0 bridgehead atoms. The zero-order valence-corrected chi connectivity index (χ0v) is 10.6. The third-order valence-electron chi connectivity index (χ3n) is 2.15. The van der Waals surface area contributed by atoms with Gasteiger partial charge in [-0.25, -0.2) is 4.39 Å². The number of halogens is 2. The van der Waals surface area contributed by atoms with Gasteiger partial charge in [-0.1, -0.05) is 44.5 Å². The largest absolute Gasteiger partial charge is 0.299 e. The van der Waals surface area contributed by atoms with Gasteiger partial charge in [-0.2, -0.15) is 0 Å². The lowest BCUT2D eigenvalue weighted by Gasteiger charge is -2.16. The standard InChI is InChI=1S/C13H16ClFO/c1-13(2,3)8-10(16)7-9-5-4-6-11(14)12(9)15/h4-6H,7-8H2,1-3H3. The average Bonchev–Trinajstić information content (AvgIpc) is 2.09. The molecule has 0 saturated heterocycles. The second-order valence-corrected chi connectivity index (χ2v) is 5.57. The van der Waals surface area contributed by atoms with Gasteiger partial charge in [-0.15, -0.1) is 0 Å². The van der Waals surface area contributed by atoms with Crippen molar-refractivity contribution in [3.05, 3.63) is 34.6 Å². The van der Waals surface area contributed by atoms with Gasteiger partial charge in [0.05, 0.1) is 5.02 Å². The number of carbonyl (C=O) groups is 1. The Morgan fingerprint density at radius 2 is 2.00 bits per heavy atom. The van der Waals surface area contributed by atoms with E-state index >= 15 is 0 Å². The van der Waals surface area contributed by atoms with E-state index in [1.807, 2.05) is 20.8 Å². The highest BCUT2D eigenvalue weighted by Crippen LogP contribution is 2.22. The topological polar surface area (TPSA) is 17.1 Å².